The molecule has 0 nitrogen and oxygen atoms in total. The minimum atomic E-state index is -1.28. The zero-order valence-corrected chi connectivity index (χ0v) is 28.3. The van der Waals surface area contributed by atoms with Crippen molar-refractivity contribution in [3.8, 4) is 34.9 Å². The Bertz CT molecular complexity index is 917. The molecular weight excluding hydrogens is 662 g/mol. The third-order valence-electron chi connectivity index (χ3n) is 3.29. The molecule has 0 spiro atoms. The number of hydrogen-bond donors (Lipinski definition) is 0. The second-order valence-electron chi connectivity index (χ2n) is 10.4. The molecule has 0 bridgehead atoms. The minimum Gasteiger partial charge on any atom is -0.135 e. The van der Waals surface area contributed by atoms with Gasteiger partial charge in [-0.15, -0.1) is 23.1 Å². The molecule has 0 atom stereocenters. The van der Waals surface area contributed by atoms with Crippen molar-refractivity contribution in [3.05, 3.63) is 66.8 Å². The first-order chi connectivity index (χ1) is 14.5. The first-order valence-corrected chi connectivity index (χ1v) is 23.2. The van der Waals surface area contributed by atoms with E-state index < -0.39 is 24.2 Å². The van der Waals surface area contributed by atoms with Gasteiger partial charge < -0.3 is 0 Å². The Morgan fingerprint density at radius 1 is 0.531 bits per heavy atom. The van der Waals surface area contributed by atoms with Gasteiger partial charge in [-0.05, 0) is 93.7 Å². The highest BCUT2D eigenvalue weighted by Gasteiger charge is 2.08. The molecule has 0 fully saturated rings. The predicted molar refractivity (Wildman–Crippen MR) is 171 cm³/mol. The van der Waals surface area contributed by atoms with Crippen LogP contribution in [0, 0.1) is 42.0 Å². The number of halogens is 2. The molecule has 0 N–H and O–H groups in total. The van der Waals surface area contributed by atoms with Crippen molar-refractivity contribution >= 4 is 69.4 Å². The van der Waals surface area contributed by atoms with E-state index in [1.165, 1.54) is 7.14 Å². The zero-order chi connectivity index (χ0) is 25.0. The molecule has 170 valence electrons. The highest BCUT2D eigenvalue weighted by Crippen LogP contribution is 2.08. The van der Waals surface area contributed by atoms with Crippen LogP contribution in [-0.4, -0.2) is 24.2 Å². The van der Waals surface area contributed by atoms with E-state index in [0.717, 1.165) is 11.1 Å². The van der Waals surface area contributed by atoms with Crippen LogP contribution in [0.25, 0.3) is 0 Å². The molecule has 0 aliphatic heterocycles. The fourth-order valence-corrected chi connectivity index (χ4v) is 3.34. The van der Waals surface area contributed by atoms with Crippen LogP contribution < -0.4 is 0 Å². The summed E-state index contributed by atoms with van der Waals surface area (Å²) >= 11 is 4.59. The molecular formula is C27H36I2Si3. The molecule has 0 aromatic heterocycles. The van der Waals surface area contributed by atoms with Crippen LogP contribution in [0.3, 0.4) is 0 Å². The molecule has 0 unspecified atom stereocenters. The van der Waals surface area contributed by atoms with Crippen molar-refractivity contribution in [1.82, 2.24) is 0 Å². The van der Waals surface area contributed by atoms with Gasteiger partial charge in [0.15, 0.2) is 0 Å². The minimum absolute atomic E-state index is 1.09. The monoisotopic (exact) mass is 698 g/mol. The molecule has 0 aliphatic carbocycles. The van der Waals surface area contributed by atoms with Gasteiger partial charge in [0, 0.05) is 18.3 Å². The van der Waals surface area contributed by atoms with Crippen LogP contribution >= 0.6 is 45.2 Å². The second kappa shape index (κ2) is 14.5. The summed E-state index contributed by atoms with van der Waals surface area (Å²) in [4.78, 5) is 0. The van der Waals surface area contributed by atoms with Gasteiger partial charge in [-0.1, -0.05) is 70.8 Å². The van der Waals surface area contributed by atoms with Crippen LogP contribution in [0.5, 0.6) is 0 Å². The first-order valence-electron chi connectivity index (χ1n) is 10.6. The third-order valence-corrected chi connectivity index (χ3v) is 7.34. The van der Waals surface area contributed by atoms with Gasteiger partial charge in [-0.3, -0.25) is 0 Å². The van der Waals surface area contributed by atoms with Crippen molar-refractivity contribution in [3.63, 3.8) is 0 Å². The molecule has 0 saturated heterocycles. The lowest BCUT2D eigenvalue weighted by molar-refractivity contribution is 1.60. The maximum Gasteiger partial charge on any atom is 0.129 e. The normalized spacial score (nSPS) is 10.4. The molecule has 0 saturated carbocycles. The fourth-order valence-electron chi connectivity index (χ4n) is 1.59. The molecule has 0 radical (unpaired) electrons. The Balaban J connectivity index is 0.000000562. The lowest BCUT2D eigenvalue weighted by atomic mass is 10.1. The van der Waals surface area contributed by atoms with Crippen LogP contribution in [0.4, 0.5) is 0 Å². The van der Waals surface area contributed by atoms with Gasteiger partial charge in [-0.2, -0.15) is 0 Å². The van der Waals surface area contributed by atoms with E-state index in [4.69, 9.17) is 6.42 Å². The van der Waals surface area contributed by atoms with E-state index in [2.05, 4.69) is 181 Å². The van der Waals surface area contributed by atoms with Crippen LogP contribution in [0.15, 0.2) is 48.5 Å². The smallest absolute Gasteiger partial charge is 0.129 e. The van der Waals surface area contributed by atoms with Crippen molar-refractivity contribution < 1.29 is 0 Å². The molecule has 2 rings (SSSR count). The van der Waals surface area contributed by atoms with Crippen molar-refractivity contribution in [2.24, 2.45) is 0 Å². The van der Waals surface area contributed by atoms with Gasteiger partial charge in [0.05, 0.1) is 0 Å². The van der Waals surface area contributed by atoms with Crippen LogP contribution in [0.1, 0.15) is 11.1 Å². The van der Waals surface area contributed by atoms with E-state index in [-0.39, 0.29) is 0 Å². The maximum absolute atomic E-state index is 5.12. The summed E-state index contributed by atoms with van der Waals surface area (Å²) in [7, 11) is -3.66. The van der Waals surface area contributed by atoms with E-state index in [0.29, 0.717) is 0 Å². The van der Waals surface area contributed by atoms with Gasteiger partial charge in [0.1, 0.15) is 24.2 Å². The summed E-state index contributed by atoms with van der Waals surface area (Å²) in [6, 6.07) is 16.7. The highest BCUT2D eigenvalue weighted by atomic mass is 127. The van der Waals surface area contributed by atoms with E-state index in [9.17, 15) is 0 Å². The topological polar surface area (TPSA) is 0 Å². The molecule has 5 heteroatoms. The van der Waals surface area contributed by atoms with Crippen LogP contribution in [-0.2, 0) is 0 Å². The summed E-state index contributed by atoms with van der Waals surface area (Å²) in [5.41, 5.74) is 11.7. The summed E-state index contributed by atoms with van der Waals surface area (Å²) in [5, 5.41) is 0. The van der Waals surface area contributed by atoms with E-state index >= 15 is 0 Å². The first kappa shape index (κ1) is 31.2. The molecule has 2 aromatic carbocycles. The number of rotatable bonds is 0. The predicted octanol–water partition coefficient (Wildman–Crippen LogP) is 8.54. The van der Waals surface area contributed by atoms with Crippen molar-refractivity contribution in [2.45, 2.75) is 58.9 Å². The lowest BCUT2D eigenvalue weighted by Gasteiger charge is -2.04. The maximum atomic E-state index is 5.12. The average Bonchev–Trinajstić information content (AvgIpc) is 2.67. The largest absolute Gasteiger partial charge is 0.135 e. The second-order valence-corrected chi connectivity index (χ2v) is 27.2. The summed E-state index contributed by atoms with van der Waals surface area (Å²) in [6.07, 6.45) is 5.12. The SMILES string of the molecule is C#C[Si](C)(C)C.C[Si](C)(C)C#Cc1ccc(C#C[Si](C)(C)C)cc1.Ic1ccc(I)cc1. The van der Waals surface area contributed by atoms with Gasteiger partial charge in [-0.25, -0.2) is 0 Å². The van der Waals surface area contributed by atoms with Gasteiger partial charge >= 0.3 is 0 Å². The van der Waals surface area contributed by atoms with Crippen molar-refractivity contribution in [2.75, 3.05) is 0 Å². The standard InChI is InChI=1S/C16H22Si2.C6H4I2.C5H10Si/c1-17(2,3)13-11-15-7-9-16(10-8-15)12-14-18(4,5)6;7-5-1-2-6(8)4-3-5;1-5-6(2,3)4/h7-10H,1-6H3;1-4H;1H,2-4H3. The summed E-state index contributed by atoms with van der Waals surface area (Å²) in [5.74, 6) is 6.51. The summed E-state index contributed by atoms with van der Waals surface area (Å²) in [6.45, 7) is 20.0. The average molecular weight is 699 g/mol. The quantitative estimate of drug-likeness (QED) is 0.147. The number of terminal acetylenes is 1. The Labute approximate surface area is 228 Å². The Morgan fingerprint density at radius 3 is 0.969 bits per heavy atom. The zero-order valence-electron chi connectivity index (χ0n) is 21.0. The molecule has 0 heterocycles. The van der Waals surface area contributed by atoms with Gasteiger partial charge in [0.25, 0.3) is 0 Å². The highest BCUT2D eigenvalue weighted by molar-refractivity contribution is 14.1. The van der Waals surface area contributed by atoms with E-state index in [1.54, 1.807) is 0 Å². The molecule has 2 aromatic rings. The van der Waals surface area contributed by atoms with Crippen LogP contribution in [0.2, 0.25) is 58.9 Å². The molecule has 32 heavy (non-hydrogen) atoms. The summed E-state index contributed by atoms with van der Waals surface area (Å²) < 4.78 is 2.59. The Morgan fingerprint density at radius 2 is 0.781 bits per heavy atom. The van der Waals surface area contributed by atoms with Crippen molar-refractivity contribution in [1.29, 1.82) is 0 Å². The molecule has 0 amide bonds. The van der Waals surface area contributed by atoms with E-state index in [1.807, 2.05) is 0 Å². The third kappa shape index (κ3) is 19.9. The fraction of sp³-hybridized carbons (Fsp3) is 0.333. The number of hydrogen-bond acceptors (Lipinski definition) is 0. The lowest BCUT2D eigenvalue weighted by Crippen LogP contribution is -2.16. The Hall–Kier alpha value is -0.769. The molecule has 0 aliphatic rings. The number of benzene rings is 2. The van der Waals surface area contributed by atoms with Gasteiger partial charge in [0.2, 0.25) is 0 Å². The Kier molecular flexibility index (Phi) is 14.1.